The Labute approximate surface area is 189 Å². The van der Waals surface area contributed by atoms with E-state index in [9.17, 15) is 8.78 Å². The molecule has 32 heavy (non-hydrogen) atoms. The Morgan fingerprint density at radius 2 is 1.91 bits per heavy atom. The summed E-state index contributed by atoms with van der Waals surface area (Å²) in [4.78, 5) is 12.9. The Balaban J connectivity index is 0.00000289. The average molecular weight is 463 g/mol. The number of nitrogens with two attached hydrogens (primary N) is 1. The number of rotatable bonds is 6. The highest BCUT2D eigenvalue weighted by Gasteiger charge is 2.38. The van der Waals surface area contributed by atoms with Gasteiger partial charge in [0.2, 0.25) is 5.88 Å². The van der Waals surface area contributed by atoms with Crippen molar-refractivity contribution in [2.24, 2.45) is 10.7 Å². The van der Waals surface area contributed by atoms with Crippen LogP contribution in [-0.2, 0) is 10.3 Å². The lowest BCUT2D eigenvalue weighted by atomic mass is 9.83. The lowest BCUT2D eigenvalue weighted by Crippen LogP contribution is -2.40. The molecule has 0 bridgehead atoms. The van der Waals surface area contributed by atoms with E-state index in [-0.39, 0.29) is 31.5 Å². The summed E-state index contributed by atoms with van der Waals surface area (Å²) in [5.41, 5.74) is 8.24. The molecular formula is C22H21ClF2N4O3. The van der Waals surface area contributed by atoms with Crippen molar-refractivity contribution in [3.8, 4) is 22.8 Å². The summed E-state index contributed by atoms with van der Waals surface area (Å²) in [5, 5.41) is 0. The smallest absolute Gasteiger partial charge is 0.388 e. The molecule has 7 nitrogen and oxygen atoms in total. The molecule has 2 N–H and O–H groups in total. The van der Waals surface area contributed by atoms with Crippen molar-refractivity contribution in [2.75, 3.05) is 20.3 Å². The van der Waals surface area contributed by atoms with Gasteiger partial charge in [-0.1, -0.05) is 18.2 Å². The number of aromatic nitrogens is 2. The van der Waals surface area contributed by atoms with Gasteiger partial charge in [-0.05, 0) is 29.3 Å². The number of nitrogens with zero attached hydrogens (tertiary/aromatic N) is 3. The zero-order valence-corrected chi connectivity index (χ0v) is 17.9. The summed E-state index contributed by atoms with van der Waals surface area (Å²) >= 11 is 0. The van der Waals surface area contributed by atoms with Gasteiger partial charge in [-0.15, -0.1) is 12.4 Å². The van der Waals surface area contributed by atoms with Gasteiger partial charge in [0.05, 0.1) is 19.9 Å². The molecule has 0 fully saturated rings. The van der Waals surface area contributed by atoms with E-state index in [1.54, 1.807) is 25.6 Å². The van der Waals surface area contributed by atoms with Crippen LogP contribution in [0.2, 0.25) is 0 Å². The van der Waals surface area contributed by atoms with Gasteiger partial charge in [0.15, 0.2) is 0 Å². The van der Waals surface area contributed by atoms with Crippen molar-refractivity contribution in [1.29, 1.82) is 0 Å². The molecule has 1 aromatic carbocycles. The van der Waals surface area contributed by atoms with E-state index in [1.807, 2.05) is 30.3 Å². The molecule has 1 unspecified atom stereocenters. The molecule has 1 aliphatic heterocycles. The number of hydrogen-bond donors (Lipinski definition) is 1. The average Bonchev–Trinajstić information content (AvgIpc) is 2.79. The van der Waals surface area contributed by atoms with E-state index in [4.69, 9.17) is 20.2 Å². The minimum atomic E-state index is -2.95. The first-order valence-corrected chi connectivity index (χ1v) is 9.43. The molecule has 0 saturated heterocycles. The Kier molecular flexibility index (Phi) is 7.22. The zero-order chi connectivity index (χ0) is 21.8. The maximum atomic E-state index is 12.5. The van der Waals surface area contributed by atoms with Gasteiger partial charge in [0.25, 0.3) is 0 Å². The van der Waals surface area contributed by atoms with Gasteiger partial charge in [0, 0.05) is 29.6 Å². The second kappa shape index (κ2) is 9.88. The predicted molar refractivity (Wildman–Crippen MR) is 118 cm³/mol. The third-order valence-electron chi connectivity index (χ3n) is 4.94. The molecule has 168 valence electrons. The SMILES string of the molecule is COc1cncc(-c2cccc(C3(c4ccc(OC(F)F)nc4)COCC(N)=N3)c2)c1.Cl. The van der Waals surface area contributed by atoms with Crippen LogP contribution in [0.15, 0.2) is 66.0 Å². The quantitative estimate of drug-likeness (QED) is 0.599. The highest BCUT2D eigenvalue weighted by Crippen LogP contribution is 2.38. The van der Waals surface area contributed by atoms with E-state index >= 15 is 0 Å². The fraction of sp³-hybridized carbons (Fsp3) is 0.227. The summed E-state index contributed by atoms with van der Waals surface area (Å²) in [6.45, 7) is -2.53. The van der Waals surface area contributed by atoms with Gasteiger partial charge in [0.1, 0.15) is 23.7 Å². The first-order chi connectivity index (χ1) is 15.0. The second-order valence-electron chi connectivity index (χ2n) is 6.91. The maximum Gasteiger partial charge on any atom is 0.388 e. The van der Waals surface area contributed by atoms with Gasteiger partial charge >= 0.3 is 6.61 Å². The zero-order valence-electron chi connectivity index (χ0n) is 17.1. The fourth-order valence-corrected chi connectivity index (χ4v) is 3.51. The number of amidine groups is 1. The summed E-state index contributed by atoms with van der Waals surface area (Å²) < 4.78 is 40.3. The number of methoxy groups -OCH3 is 1. The van der Waals surface area contributed by atoms with Crippen molar-refractivity contribution in [3.63, 3.8) is 0 Å². The van der Waals surface area contributed by atoms with Crippen LogP contribution in [0.5, 0.6) is 11.6 Å². The van der Waals surface area contributed by atoms with Crippen LogP contribution >= 0.6 is 12.4 Å². The lowest BCUT2D eigenvalue weighted by molar-refractivity contribution is -0.0528. The number of benzene rings is 1. The summed E-state index contributed by atoms with van der Waals surface area (Å²) in [6, 6.07) is 12.6. The number of aliphatic imine (C=N–C) groups is 1. The number of ether oxygens (including phenoxy) is 3. The molecule has 3 aromatic rings. The topological polar surface area (TPSA) is 91.8 Å². The highest BCUT2D eigenvalue weighted by molar-refractivity contribution is 5.85. The van der Waals surface area contributed by atoms with Crippen molar-refractivity contribution in [3.05, 3.63) is 72.2 Å². The van der Waals surface area contributed by atoms with Crippen molar-refractivity contribution < 1.29 is 23.0 Å². The standard InChI is InChI=1S/C22H20F2N4O3.ClH/c1-29-18-8-15(9-26-11-18)14-3-2-4-16(7-14)22(13-30-12-19(25)28-22)17-5-6-20(27-10-17)31-21(23)24;/h2-11,21H,12-13H2,1H3,(H2,25,28);1H. The molecule has 4 rings (SSSR count). The minimum absolute atomic E-state index is 0. The van der Waals surface area contributed by atoms with Crippen molar-refractivity contribution in [1.82, 2.24) is 9.97 Å². The molecule has 0 amide bonds. The normalized spacial score (nSPS) is 17.9. The number of alkyl halides is 2. The van der Waals surface area contributed by atoms with Crippen molar-refractivity contribution >= 4 is 18.2 Å². The summed E-state index contributed by atoms with van der Waals surface area (Å²) in [5.74, 6) is 0.783. The third-order valence-corrected chi connectivity index (χ3v) is 4.94. The highest BCUT2D eigenvalue weighted by atomic mass is 35.5. The van der Waals surface area contributed by atoms with Crippen LogP contribution in [0.25, 0.3) is 11.1 Å². The van der Waals surface area contributed by atoms with Crippen LogP contribution in [0, 0.1) is 0 Å². The van der Waals surface area contributed by atoms with Crippen LogP contribution in [-0.4, -0.2) is 42.7 Å². The molecule has 0 radical (unpaired) electrons. The van der Waals surface area contributed by atoms with E-state index in [1.165, 1.54) is 12.3 Å². The first kappa shape index (κ1) is 23.4. The van der Waals surface area contributed by atoms with Crippen LogP contribution in [0.4, 0.5) is 8.78 Å². The fourth-order valence-electron chi connectivity index (χ4n) is 3.51. The Morgan fingerprint density at radius 1 is 1.06 bits per heavy atom. The monoisotopic (exact) mass is 462 g/mol. The van der Waals surface area contributed by atoms with E-state index in [2.05, 4.69) is 14.7 Å². The lowest BCUT2D eigenvalue weighted by Gasteiger charge is -2.34. The first-order valence-electron chi connectivity index (χ1n) is 9.43. The molecule has 0 spiro atoms. The van der Waals surface area contributed by atoms with E-state index in [0.717, 1.165) is 16.7 Å². The molecule has 3 heterocycles. The number of halogens is 3. The predicted octanol–water partition coefficient (Wildman–Crippen LogP) is 3.81. The van der Waals surface area contributed by atoms with E-state index in [0.29, 0.717) is 17.1 Å². The number of hydrogen-bond acceptors (Lipinski definition) is 7. The maximum absolute atomic E-state index is 12.5. The summed E-state index contributed by atoms with van der Waals surface area (Å²) in [7, 11) is 1.58. The van der Waals surface area contributed by atoms with Gasteiger partial charge in [-0.25, -0.2) is 4.98 Å². The molecule has 0 aliphatic carbocycles. The molecule has 1 aliphatic rings. The van der Waals surface area contributed by atoms with E-state index < -0.39 is 12.2 Å². The Hall–Kier alpha value is -3.30. The third kappa shape index (κ3) is 4.79. The largest absolute Gasteiger partial charge is 0.495 e. The van der Waals surface area contributed by atoms with Gasteiger partial charge < -0.3 is 19.9 Å². The Morgan fingerprint density at radius 3 is 2.59 bits per heavy atom. The van der Waals surface area contributed by atoms with Crippen LogP contribution < -0.4 is 15.2 Å². The van der Waals surface area contributed by atoms with Gasteiger partial charge in [-0.2, -0.15) is 8.78 Å². The van der Waals surface area contributed by atoms with Crippen LogP contribution in [0.1, 0.15) is 11.1 Å². The Bertz CT molecular complexity index is 1100. The minimum Gasteiger partial charge on any atom is -0.495 e. The summed E-state index contributed by atoms with van der Waals surface area (Å²) in [6.07, 6.45) is 4.81. The van der Waals surface area contributed by atoms with Crippen molar-refractivity contribution in [2.45, 2.75) is 12.2 Å². The number of pyridine rings is 2. The van der Waals surface area contributed by atoms with Crippen LogP contribution in [0.3, 0.4) is 0 Å². The van der Waals surface area contributed by atoms with Gasteiger partial charge in [-0.3, -0.25) is 9.98 Å². The molecule has 10 heteroatoms. The molecule has 2 aromatic heterocycles. The molecular weight excluding hydrogens is 442 g/mol. The second-order valence-corrected chi connectivity index (χ2v) is 6.91. The molecule has 0 saturated carbocycles. The molecule has 1 atom stereocenters.